The van der Waals surface area contributed by atoms with Crippen molar-refractivity contribution in [1.29, 1.82) is 0 Å². The Morgan fingerprint density at radius 1 is 1.50 bits per heavy atom. The summed E-state index contributed by atoms with van der Waals surface area (Å²) in [7, 11) is 1.68. The molecule has 5 nitrogen and oxygen atoms in total. The molecule has 0 aromatic heterocycles. The Balaban J connectivity index is 1.93. The number of aryl methyl sites for hydroxylation is 1. The molecule has 1 aromatic rings. The van der Waals surface area contributed by atoms with Crippen LogP contribution < -0.4 is 15.4 Å². The smallest absolute Gasteiger partial charge is 0.315 e. The van der Waals surface area contributed by atoms with E-state index in [2.05, 4.69) is 22.8 Å². The number of benzene rings is 1. The second-order valence-corrected chi connectivity index (χ2v) is 5.80. The highest BCUT2D eigenvalue weighted by molar-refractivity contribution is 5.74. The van der Waals surface area contributed by atoms with Gasteiger partial charge in [-0.15, -0.1) is 0 Å². The van der Waals surface area contributed by atoms with E-state index in [0.29, 0.717) is 12.5 Å². The first-order valence-corrected chi connectivity index (χ1v) is 8.00. The summed E-state index contributed by atoms with van der Waals surface area (Å²) >= 11 is 0. The van der Waals surface area contributed by atoms with Gasteiger partial charge in [-0.3, -0.25) is 0 Å². The average Bonchev–Trinajstić information content (AvgIpc) is 2.57. The lowest BCUT2D eigenvalue weighted by Crippen LogP contribution is -2.44. The number of carbonyl (C=O) groups excluding carboxylic acids is 1. The molecule has 0 heterocycles. The molecule has 2 atom stereocenters. The number of fused-ring (bicyclic) bond motifs is 1. The Morgan fingerprint density at radius 3 is 3.00 bits per heavy atom. The van der Waals surface area contributed by atoms with Crippen LogP contribution in [0.25, 0.3) is 0 Å². The summed E-state index contributed by atoms with van der Waals surface area (Å²) < 4.78 is 5.28. The number of methoxy groups -OCH3 is 1. The first-order valence-electron chi connectivity index (χ1n) is 8.00. The van der Waals surface area contributed by atoms with Crippen molar-refractivity contribution < 1.29 is 14.6 Å². The van der Waals surface area contributed by atoms with Gasteiger partial charge in [0.15, 0.2) is 0 Å². The molecule has 22 heavy (non-hydrogen) atoms. The second-order valence-electron chi connectivity index (χ2n) is 5.80. The van der Waals surface area contributed by atoms with Crippen LogP contribution >= 0.6 is 0 Å². The minimum atomic E-state index is -0.207. The number of hydrogen-bond donors (Lipinski definition) is 3. The summed E-state index contributed by atoms with van der Waals surface area (Å²) in [4.78, 5) is 11.9. The number of aliphatic hydroxyl groups excluding tert-OH is 1. The molecule has 0 fully saturated rings. The lowest BCUT2D eigenvalue weighted by atomic mass is 9.82. The van der Waals surface area contributed by atoms with E-state index in [0.717, 1.165) is 31.4 Å². The van der Waals surface area contributed by atoms with Gasteiger partial charge in [0.1, 0.15) is 5.75 Å². The molecule has 1 aliphatic rings. The molecule has 0 bridgehead atoms. The molecule has 0 radical (unpaired) electrons. The zero-order valence-corrected chi connectivity index (χ0v) is 13.4. The molecule has 0 saturated heterocycles. The zero-order valence-electron chi connectivity index (χ0n) is 13.4. The summed E-state index contributed by atoms with van der Waals surface area (Å²) in [6.45, 7) is 2.52. The topological polar surface area (TPSA) is 70.6 Å². The molecular weight excluding hydrogens is 280 g/mol. The van der Waals surface area contributed by atoms with Gasteiger partial charge in [-0.1, -0.05) is 13.0 Å². The average molecular weight is 306 g/mol. The SMILES string of the molecule is CC[C@@H](CO)NC(=O)NC[C@H]1CCCc2cc(OC)ccc21. The van der Waals surface area contributed by atoms with Gasteiger partial charge >= 0.3 is 6.03 Å². The molecule has 0 unspecified atom stereocenters. The molecule has 2 amide bonds. The standard InChI is InChI=1S/C17H26N2O3/c1-3-14(11-20)19-17(21)18-10-13-6-4-5-12-9-15(22-2)7-8-16(12)13/h7-9,13-14,20H,3-6,10-11H2,1-2H3,(H2,18,19,21)/t13-,14+/m1/s1. The van der Waals surface area contributed by atoms with Gasteiger partial charge in [0, 0.05) is 12.5 Å². The molecule has 0 aliphatic heterocycles. The Kier molecular flexibility index (Phi) is 6.07. The van der Waals surface area contributed by atoms with E-state index in [-0.39, 0.29) is 18.7 Å². The molecule has 3 N–H and O–H groups in total. The van der Waals surface area contributed by atoms with Crippen molar-refractivity contribution in [3.63, 3.8) is 0 Å². The highest BCUT2D eigenvalue weighted by atomic mass is 16.5. The van der Waals surface area contributed by atoms with Crippen molar-refractivity contribution in [2.24, 2.45) is 0 Å². The second kappa shape index (κ2) is 8.03. The monoisotopic (exact) mass is 306 g/mol. The van der Waals surface area contributed by atoms with Crippen LogP contribution in [0.5, 0.6) is 5.75 Å². The Bertz CT molecular complexity index is 501. The quantitative estimate of drug-likeness (QED) is 0.754. The van der Waals surface area contributed by atoms with Gasteiger partial charge in [0.05, 0.1) is 19.8 Å². The minimum absolute atomic E-state index is 0.0318. The number of amides is 2. The van der Waals surface area contributed by atoms with Gasteiger partial charge in [-0.25, -0.2) is 4.79 Å². The van der Waals surface area contributed by atoms with Gasteiger partial charge in [-0.2, -0.15) is 0 Å². The van der Waals surface area contributed by atoms with E-state index in [1.807, 2.05) is 13.0 Å². The molecule has 1 aromatic carbocycles. The third kappa shape index (κ3) is 4.13. The Labute approximate surface area is 132 Å². The fourth-order valence-corrected chi connectivity index (χ4v) is 2.96. The summed E-state index contributed by atoms with van der Waals surface area (Å²) in [5.74, 6) is 1.23. The van der Waals surface area contributed by atoms with Crippen LogP contribution in [0.2, 0.25) is 0 Å². The van der Waals surface area contributed by atoms with E-state index in [1.165, 1.54) is 11.1 Å². The van der Waals surface area contributed by atoms with Crippen LogP contribution in [0.15, 0.2) is 18.2 Å². The van der Waals surface area contributed by atoms with Crippen LogP contribution in [0.1, 0.15) is 43.2 Å². The molecule has 1 aliphatic carbocycles. The maximum absolute atomic E-state index is 11.9. The van der Waals surface area contributed by atoms with Crippen LogP contribution in [0.3, 0.4) is 0 Å². The van der Waals surface area contributed by atoms with Crippen molar-refractivity contribution in [3.05, 3.63) is 29.3 Å². The van der Waals surface area contributed by atoms with Crippen molar-refractivity contribution in [2.45, 2.75) is 44.6 Å². The van der Waals surface area contributed by atoms with E-state index in [9.17, 15) is 4.79 Å². The molecule has 122 valence electrons. The largest absolute Gasteiger partial charge is 0.497 e. The van der Waals surface area contributed by atoms with Gasteiger partial charge in [-0.05, 0) is 48.9 Å². The number of urea groups is 1. The number of hydrogen-bond acceptors (Lipinski definition) is 3. The number of rotatable bonds is 6. The van der Waals surface area contributed by atoms with Crippen LogP contribution in [-0.2, 0) is 6.42 Å². The zero-order chi connectivity index (χ0) is 15.9. The molecule has 0 spiro atoms. The number of nitrogens with one attached hydrogen (secondary N) is 2. The van der Waals surface area contributed by atoms with Crippen molar-refractivity contribution >= 4 is 6.03 Å². The van der Waals surface area contributed by atoms with Crippen molar-refractivity contribution in [3.8, 4) is 5.75 Å². The molecule has 2 rings (SSSR count). The normalized spacial score (nSPS) is 18.2. The maximum atomic E-state index is 11.9. The predicted molar refractivity (Wildman–Crippen MR) is 86.4 cm³/mol. The van der Waals surface area contributed by atoms with Gasteiger partial charge in [0.2, 0.25) is 0 Å². The third-order valence-corrected chi connectivity index (χ3v) is 4.35. The lowest BCUT2D eigenvalue weighted by molar-refractivity contribution is 0.214. The summed E-state index contributed by atoms with van der Waals surface area (Å²) in [6, 6.07) is 5.81. The summed E-state index contributed by atoms with van der Waals surface area (Å²) in [6.07, 6.45) is 3.99. The van der Waals surface area contributed by atoms with Gasteiger partial charge < -0.3 is 20.5 Å². The highest BCUT2D eigenvalue weighted by Crippen LogP contribution is 2.33. The third-order valence-electron chi connectivity index (χ3n) is 4.35. The first-order chi connectivity index (χ1) is 10.7. The van der Waals surface area contributed by atoms with Crippen LogP contribution in [-0.4, -0.2) is 37.4 Å². The lowest BCUT2D eigenvalue weighted by Gasteiger charge is -2.26. The maximum Gasteiger partial charge on any atom is 0.315 e. The van der Waals surface area contributed by atoms with E-state index >= 15 is 0 Å². The number of ether oxygens (including phenoxy) is 1. The van der Waals surface area contributed by atoms with E-state index in [4.69, 9.17) is 9.84 Å². The highest BCUT2D eigenvalue weighted by Gasteiger charge is 2.21. The molecule has 5 heteroatoms. The minimum Gasteiger partial charge on any atom is -0.497 e. The Hall–Kier alpha value is -1.75. The predicted octanol–water partition coefficient (Wildman–Crippen LogP) is 2.19. The van der Waals surface area contributed by atoms with Crippen molar-refractivity contribution in [2.75, 3.05) is 20.3 Å². The molecular formula is C17H26N2O3. The van der Waals surface area contributed by atoms with Crippen molar-refractivity contribution in [1.82, 2.24) is 10.6 Å². The van der Waals surface area contributed by atoms with E-state index < -0.39 is 0 Å². The first kappa shape index (κ1) is 16.6. The number of carbonyl (C=O) groups is 1. The van der Waals surface area contributed by atoms with Gasteiger partial charge in [0.25, 0.3) is 0 Å². The fraction of sp³-hybridized carbons (Fsp3) is 0.588. The van der Waals surface area contributed by atoms with Crippen LogP contribution in [0, 0.1) is 0 Å². The Morgan fingerprint density at radius 2 is 2.32 bits per heavy atom. The summed E-state index contributed by atoms with van der Waals surface area (Å²) in [5.41, 5.74) is 2.63. The summed E-state index contributed by atoms with van der Waals surface area (Å²) in [5, 5.41) is 14.8. The molecule has 0 saturated carbocycles. The van der Waals surface area contributed by atoms with Crippen LogP contribution in [0.4, 0.5) is 4.79 Å². The fourth-order valence-electron chi connectivity index (χ4n) is 2.96. The van der Waals surface area contributed by atoms with E-state index in [1.54, 1.807) is 7.11 Å². The number of aliphatic hydroxyl groups is 1.